The minimum Gasteiger partial charge on any atom is -0.315 e. The Balaban J connectivity index is 2.08. The molecule has 2 nitrogen and oxygen atoms in total. The lowest BCUT2D eigenvalue weighted by Gasteiger charge is -2.35. The van der Waals surface area contributed by atoms with Crippen LogP contribution in [-0.4, -0.2) is 30.6 Å². The number of benzene rings is 1. The maximum Gasteiger partial charge on any atom is 0.0239 e. The van der Waals surface area contributed by atoms with E-state index in [-0.39, 0.29) is 0 Å². The number of rotatable bonds is 5. The van der Waals surface area contributed by atoms with Crippen molar-refractivity contribution in [3.05, 3.63) is 34.9 Å². The highest BCUT2D eigenvalue weighted by Crippen LogP contribution is 2.18. The molecule has 0 radical (unpaired) electrons. The van der Waals surface area contributed by atoms with Crippen LogP contribution in [0, 0.1) is 13.8 Å². The van der Waals surface area contributed by atoms with E-state index in [1.54, 1.807) is 0 Å². The summed E-state index contributed by atoms with van der Waals surface area (Å²) in [5.74, 6) is 0. The lowest BCUT2D eigenvalue weighted by atomic mass is 10.0. The highest BCUT2D eigenvalue weighted by Gasteiger charge is 2.20. The van der Waals surface area contributed by atoms with Crippen molar-refractivity contribution in [2.45, 2.75) is 52.6 Å². The average Bonchev–Trinajstić information content (AvgIpc) is 2.43. The summed E-state index contributed by atoms with van der Waals surface area (Å²) in [5, 5.41) is 3.54. The molecule has 1 atom stereocenters. The molecule has 1 aromatic carbocycles. The molecule has 1 saturated heterocycles. The fourth-order valence-electron chi connectivity index (χ4n) is 3.01. The smallest absolute Gasteiger partial charge is 0.0239 e. The Bertz CT molecular complexity index is 394. The molecule has 0 spiro atoms. The average molecular weight is 260 g/mol. The molecule has 1 N–H and O–H groups in total. The van der Waals surface area contributed by atoms with Gasteiger partial charge in [-0.05, 0) is 57.3 Å². The quantitative estimate of drug-likeness (QED) is 0.874. The first-order valence-corrected chi connectivity index (χ1v) is 7.71. The van der Waals surface area contributed by atoms with Gasteiger partial charge in [0.15, 0.2) is 0 Å². The van der Waals surface area contributed by atoms with E-state index in [0.29, 0.717) is 6.04 Å². The van der Waals surface area contributed by atoms with E-state index in [9.17, 15) is 0 Å². The molecule has 1 heterocycles. The first kappa shape index (κ1) is 14.5. The second kappa shape index (κ2) is 7.06. The van der Waals surface area contributed by atoms with Crippen LogP contribution in [0.2, 0.25) is 0 Å². The van der Waals surface area contributed by atoms with Gasteiger partial charge in [0.2, 0.25) is 0 Å². The van der Waals surface area contributed by atoms with E-state index in [0.717, 1.165) is 13.1 Å². The standard InChI is InChI=1S/C17H28N2/c1-4-10-19(17-6-5-9-18-12-17)13-16-11-14(2)7-8-15(16)3/h7-8,11,17-18H,4-6,9-10,12-13H2,1-3H3. The summed E-state index contributed by atoms with van der Waals surface area (Å²) < 4.78 is 0. The zero-order valence-electron chi connectivity index (χ0n) is 12.7. The van der Waals surface area contributed by atoms with E-state index in [2.05, 4.69) is 49.2 Å². The first-order valence-electron chi connectivity index (χ1n) is 7.71. The Morgan fingerprint density at radius 2 is 2.16 bits per heavy atom. The van der Waals surface area contributed by atoms with Crippen molar-refractivity contribution in [1.82, 2.24) is 10.2 Å². The monoisotopic (exact) mass is 260 g/mol. The van der Waals surface area contributed by atoms with E-state index >= 15 is 0 Å². The summed E-state index contributed by atoms with van der Waals surface area (Å²) in [4.78, 5) is 2.67. The molecule has 1 aliphatic rings. The molecule has 0 aliphatic carbocycles. The molecule has 106 valence electrons. The van der Waals surface area contributed by atoms with Gasteiger partial charge in [0.05, 0.1) is 0 Å². The van der Waals surface area contributed by atoms with Crippen LogP contribution < -0.4 is 5.32 Å². The van der Waals surface area contributed by atoms with Crippen LogP contribution in [-0.2, 0) is 6.54 Å². The molecule has 2 heteroatoms. The van der Waals surface area contributed by atoms with E-state index in [1.165, 1.54) is 49.0 Å². The van der Waals surface area contributed by atoms with Crippen LogP contribution in [0.15, 0.2) is 18.2 Å². The zero-order chi connectivity index (χ0) is 13.7. The van der Waals surface area contributed by atoms with E-state index in [4.69, 9.17) is 0 Å². The van der Waals surface area contributed by atoms with Gasteiger partial charge in [0.1, 0.15) is 0 Å². The van der Waals surface area contributed by atoms with Crippen molar-refractivity contribution < 1.29 is 0 Å². The minimum atomic E-state index is 0.716. The van der Waals surface area contributed by atoms with Gasteiger partial charge < -0.3 is 5.32 Å². The molecule has 0 amide bonds. The lowest BCUT2D eigenvalue weighted by Crippen LogP contribution is -2.46. The van der Waals surface area contributed by atoms with Crippen LogP contribution in [0.4, 0.5) is 0 Å². The molecule has 0 aromatic heterocycles. The van der Waals surface area contributed by atoms with Crippen LogP contribution in [0.25, 0.3) is 0 Å². The first-order chi connectivity index (χ1) is 9.20. The number of aryl methyl sites for hydroxylation is 2. The van der Waals surface area contributed by atoms with Gasteiger partial charge in [-0.15, -0.1) is 0 Å². The number of piperidine rings is 1. The molecular weight excluding hydrogens is 232 g/mol. The molecule has 1 fully saturated rings. The van der Waals surface area contributed by atoms with Gasteiger partial charge in [0, 0.05) is 19.1 Å². The SMILES string of the molecule is CCCN(Cc1cc(C)ccc1C)C1CCCNC1. The van der Waals surface area contributed by atoms with Crippen LogP contribution in [0.1, 0.15) is 42.9 Å². The Kier molecular flexibility index (Phi) is 5.41. The summed E-state index contributed by atoms with van der Waals surface area (Å²) >= 11 is 0. The second-order valence-electron chi connectivity index (χ2n) is 5.90. The number of nitrogens with zero attached hydrogens (tertiary/aromatic N) is 1. The van der Waals surface area contributed by atoms with Gasteiger partial charge in [-0.3, -0.25) is 4.90 Å². The normalized spacial score (nSPS) is 19.9. The third kappa shape index (κ3) is 4.05. The number of hydrogen-bond acceptors (Lipinski definition) is 2. The van der Waals surface area contributed by atoms with Crippen LogP contribution in [0.5, 0.6) is 0 Å². The van der Waals surface area contributed by atoms with Gasteiger partial charge >= 0.3 is 0 Å². The lowest BCUT2D eigenvalue weighted by molar-refractivity contribution is 0.157. The molecule has 2 rings (SSSR count). The summed E-state index contributed by atoms with van der Waals surface area (Å²) in [6.07, 6.45) is 3.90. The highest BCUT2D eigenvalue weighted by atomic mass is 15.2. The van der Waals surface area contributed by atoms with Crippen molar-refractivity contribution in [2.75, 3.05) is 19.6 Å². The maximum absolute atomic E-state index is 3.54. The van der Waals surface area contributed by atoms with Gasteiger partial charge in [-0.1, -0.05) is 30.7 Å². The van der Waals surface area contributed by atoms with Crippen molar-refractivity contribution in [1.29, 1.82) is 0 Å². The molecule has 1 aliphatic heterocycles. The predicted octanol–water partition coefficient (Wildman–Crippen LogP) is 3.27. The number of nitrogens with one attached hydrogen (secondary N) is 1. The molecule has 1 aromatic rings. The summed E-state index contributed by atoms with van der Waals surface area (Å²) in [6.45, 7) is 11.4. The maximum atomic E-state index is 3.54. The van der Waals surface area contributed by atoms with Crippen molar-refractivity contribution >= 4 is 0 Å². The van der Waals surface area contributed by atoms with Crippen LogP contribution in [0.3, 0.4) is 0 Å². The Morgan fingerprint density at radius 3 is 2.84 bits per heavy atom. The van der Waals surface area contributed by atoms with Gasteiger partial charge in [0.25, 0.3) is 0 Å². The van der Waals surface area contributed by atoms with Crippen molar-refractivity contribution in [3.63, 3.8) is 0 Å². The van der Waals surface area contributed by atoms with Crippen molar-refractivity contribution in [3.8, 4) is 0 Å². The minimum absolute atomic E-state index is 0.716. The second-order valence-corrected chi connectivity index (χ2v) is 5.90. The van der Waals surface area contributed by atoms with E-state index in [1.807, 2.05) is 0 Å². The molecule has 19 heavy (non-hydrogen) atoms. The molecule has 0 saturated carbocycles. The predicted molar refractivity (Wildman–Crippen MR) is 82.5 cm³/mol. The topological polar surface area (TPSA) is 15.3 Å². The third-order valence-corrected chi connectivity index (χ3v) is 4.18. The Morgan fingerprint density at radius 1 is 1.32 bits per heavy atom. The fraction of sp³-hybridized carbons (Fsp3) is 0.647. The Hall–Kier alpha value is -0.860. The van der Waals surface area contributed by atoms with Crippen molar-refractivity contribution in [2.24, 2.45) is 0 Å². The van der Waals surface area contributed by atoms with E-state index < -0.39 is 0 Å². The van der Waals surface area contributed by atoms with Crippen LogP contribution >= 0.6 is 0 Å². The summed E-state index contributed by atoms with van der Waals surface area (Å²) in [6, 6.07) is 7.54. The molecule has 1 unspecified atom stereocenters. The summed E-state index contributed by atoms with van der Waals surface area (Å²) in [5.41, 5.74) is 4.30. The third-order valence-electron chi connectivity index (χ3n) is 4.18. The Labute approximate surface area is 118 Å². The number of hydrogen-bond donors (Lipinski definition) is 1. The molecule has 0 bridgehead atoms. The zero-order valence-corrected chi connectivity index (χ0v) is 12.7. The van der Waals surface area contributed by atoms with Gasteiger partial charge in [-0.25, -0.2) is 0 Å². The molecular formula is C17H28N2. The fourth-order valence-corrected chi connectivity index (χ4v) is 3.01. The van der Waals surface area contributed by atoms with Gasteiger partial charge in [-0.2, -0.15) is 0 Å². The largest absolute Gasteiger partial charge is 0.315 e. The summed E-state index contributed by atoms with van der Waals surface area (Å²) in [7, 11) is 0. The highest BCUT2D eigenvalue weighted by molar-refractivity contribution is 5.30.